The molecule has 1 fully saturated rings. The molecular formula is C15H22N2O3. The molecule has 5 heteroatoms. The Labute approximate surface area is 119 Å². The third-order valence-electron chi connectivity index (χ3n) is 4.03. The van der Waals surface area contributed by atoms with E-state index in [1.807, 2.05) is 32.9 Å². The molecule has 2 unspecified atom stereocenters. The van der Waals surface area contributed by atoms with Crippen molar-refractivity contribution >= 4 is 11.8 Å². The number of aryl methyl sites for hydroxylation is 1. The molecule has 0 radical (unpaired) electrons. The second kappa shape index (κ2) is 5.31. The zero-order valence-electron chi connectivity index (χ0n) is 12.5. The monoisotopic (exact) mass is 278 g/mol. The van der Waals surface area contributed by atoms with E-state index in [-0.39, 0.29) is 11.8 Å². The van der Waals surface area contributed by atoms with E-state index in [0.717, 1.165) is 5.76 Å². The first-order valence-electron chi connectivity index (χ1n) is 7.09. The third-order valence-corrected chi connectivity index (χ3v) is 4.03. The second-order valence-corrected chi connectivity index (χ2v) is 5.54. The minimum absolute atomic E-state index is 0.0412. The molecule has 1 N–H and O–H groups in total. The van der Waals surface area contributed by atoms with E-state index >= 15 is 0 Å². The Kier molecular flexibility index (Phi) is 3.88. The Hall–Kier alpha value is -1.78. The lowest BCUT2D eigenvalue weighted by Gasteiger charge is -2.43. The first-order valence-corrected chi connectivity index (χ1v) is 7.09. The highest BCUT2D eigenvalue weighted by atomic mass is 16.3. The van der Waals surface area contributed by atoms with E-state index < -0.39 is 11.6 Å². The van der Waals surface area contributed by atoms with E-state index in [1.165, 1.54) is 0 Å². The molecule has 110 valence electrons. The Bertz CT molecular complexity index is 523. The van der Waals surface area contributed by atoms with Crippen molar-refractivity contribution in [2.45, 2.75) is 58.7 Å². The molecule has 0 aliphatic carbocycles. The van der Waals surface area contributed by atoms with Gasteiger partial charge in [-0.15, -0.1) is 0 Å². The molecular weight excluding hydrogens is 256 g/mol. The molecule has 1 aliphatic rings. The SMILES string of the molecule is CCC1C(=O)NC(C)(CC)C(=O)N1Cc1ccc(C)o1. The molecule has 2 amide bonds. The number of amides is 2. The van der Waals surface area contributed by atoms with Crippen LogP contribution in [-0.4, -0.2) is 28.3 Å². The number of nitrogens with zero attached hydrogens (tertiary/aromatic N) is 1. The molecule has 1 saturated heterocycles. The Balaban J connectivity index is 2.29. The summed E-state index contributed by atoms with van der Waals surface area (Å²) < 4.78 is 5.54. The van der Waals surface area contributed by atoms with Crippen LogP contribution in [-0.2, 0) is 16.1 Å². The van der Waals surface area contributed by atoms with Crippen molar-refractivity contribution < 1.29 is 14.0 Å². The van der Waals surface area contributed by atoms with Crippen LogP contribution in [0.15, 0.2) is 16.5 Å². The van der Waals surface area contributed by atoms with E-state index in [0.29, 0.717) is 25.1 Å². The molecule has 1 aromatic heterocycles. The summed E-state index contributed by atoms with van der Waals surface area (Å²) in [6.45, 7) is 7.79. The van der Waals surface area contributed by atoms with Crippen molar-refractivity contribution in [2.75, 3.05) is 0 Å². The van der Waals surface area contributed by atoms with Gasteiger partial charge in [0.05, 0.1) is 6.54 Å². The van der Waals surface area contributed by atoms with E-state index in [9.17, 15) is 9.59 Å². The Morgan fingerprint density at radius 3 is 2.55 bits per heavy atom. The van der Waals surface area contributed by atoms with Gasteiger partial charge in [-0.3, -0.25) is 9.59 Å². The fraction of sp³-hybridized carbons (Fsp3) is 0.600. The molecule has 2 atom stereocenters. The van der Waals surface area contributed by atoms with Gasteiger partial charge < -0.3 is 14.6 Å². The summed E-state index contributed by atoms with van der Waals surface area (Å²) in [4.78, 5) is 26.5. The maximum absolute atomic E-state index is 12.7. The fourth-order valence-electron chi connectivity index (χ4n) is 2.57. The maximum Gasteiger partial charge on any atom is 0.249 e. The topological polar surface area (TPSA) is 62.6 Å². The van der Waals surface area contributed by atoms with Crippen molar-refractivity contribution in [1.82, 2.24) is 10.2 Å². The maximum atomic E-state index is 12.7. The highest BCUT2D eigenvalue weighted by Gasteiger charge is 2.46. The van der Waals surface area contributed by atoms with Gasteiger partial charge in [-0.2, -0.15) is 0 Å². The molecule has 2 rings (SSSR count). The van der Waals surface area contributed by atoms with Crippen molar-refractivity contribution in [3.63, 3.8) is 0 Å². The first kappa shape index (κ1) is 14.6. The number of furan rings is 1. The predicted octanol–water partition coefficient (Wildman–Crippen LogP) is 1.99. The Morgan fingerprint density at radius 2 is 2.05 bits per heavy atom. The van der Waals surface area contributed by atoms with Gasteiger partial charge >= 0.3 is 0 Å². The molecule has 5 nitrogen and oxygen atoms in total. The van der Waals surface area contributed by atoms with Crippen LogP contribution in [0, 0.1) is 6.92 Å². The largest absolute Gasteiger partial charge is 0.464 e. The van der Waals surface area contributed by atoms with Crippen molar-refractivity contribution in [1.29, 1.82) is 0 Å². The number of carbonyl (C=O) groups excluding carboxylic acids is 2. The van der Waals surface area contributed by atoms with Gasteiger partial charge in [-0.1, -0.05) is 13.8 Å². The van der Waals surface area contributed by atoms with Gasteiger partial charge in [0, 0.05) is 0 Å². The fourth-order valence-corrected chi connectivity index (χ4v) is 2.57. The normalized spacial score (nSPS) is 26.8. The molecule has 0 aromatic carbocycles. The average Bonchev–Trinajstić information content (AvgIpc) is 2.81. The van der Waals surface area contributed by atoms with Crippen LogP contribution in [0.3, 0.4) is 0 Å². The van der Waals surface area contributed by atoms with Crippen molar-refractivity contribution in [2.24, 2.45) is 0 Å². The number of rotatable bonds is 4. The zero-order valence-corrected chi connectivity index (χ0v) is 12.5. The number of hydrogen-bond donors (Lipinski definition) is 1. The lowest BCUT2D eigenvalue weighted by atomic mass is 9.91. The predicted molar refractivity (Wildman–Crippen MR) is 74.9 cm³/mol. The zero-order chi connectivity index (χ0) is 14.9. The molecule has 20 heavy (non-hydrogen) atoms. The highest BCUT2D eigenvalue weighted by Crippen LogP contribution is 2.25. The Morgan fingerprint density at radius 1 is 1.35 bits per heavy atom. The summed E-state index contributed by atoms with van der Waals surface area (Å²) in [6, 6.07) is 3.29. The van der Waals surface area contributed by atoms with E-state index in [1.54, 1.807) is 11.8 Å². The summed E-state index contributed by atoms with van der Waals surface area (Å²) in [5, 5.41) is 2.85. The first-order chi connectivity index (χ1) is 9.41. The molecule has 0 saturated carbocycles. The number of nitrogens with one attached hydrogen (secondary N) is 1. The summed E-state index contributed by atoms with van der Waals surface area (Å²) in [5.74, 6) is 1.39. The summed E-state index contributed by atoms with van der Waals surface area (Å²) in [7, 11) is 0. The van der Waals surface area contributed by atoms with Gasteiger partial charge in [0.25, 0.3) is 0 Å². The van der Waals surface area contributed by atoms with Gasteiger partial charge in [0.15, 0.2) is 0 Å². The number of carbonyl (C=O) groups is 2. The van der Waals surface area contributed by atoms with Gasteiger partial charge in [0.2, 0.25) is 11.8 Å². The van der Waals surface area contributed by atoms with Gasteiger partial charge in [0.1, 0.15) is 23.1 Å². The summed E-state index contributed by atoms with van der Waals surface area (Å²) >= 11 is 0. The van der Waals surface area contributed by atoms with Crippen LogP contribution in [0.25, 0.3) is 0 Å². The molecule has 0 bridgehead atoms. The second-order valence-electron chi connectivity index (χ2n) is 5.54. The van der Waals surface area contributed by atoms with Crippen LogP contribution in [0.5, 0.6) is 0 Å². The van der Waals surface area contributed by atoms with E-state index in [4.69, 9.17) is 4.42 Å². The average molecular weight is 278 g/mol. The van der Waals surface area contributed by atoms with Crippen LogP contribution in [0.2, 0.25) is 0 Å². The standard InChI is InChI=1S/C15H22N2O3/c1-5-12-13(18)16-15(4,6-2)14(19)17(12)9-11-8-7-10(3)20-11/h7-8,12H,5-6,9H2,1-4H3,(H,16,18). The molecule has 1 aromatic rings. The molecule has 0 spiro atoms. The molecule has 2 heterocycles. The van der Waals surface area contributed by atoms with E-state index in [2.05, 4.69) is 5.32 Å². The van der Waals surface area contributed by atoms with Crippen molar-refractivity contribution in [3.05, 3.63) is 23.7 Å². The van der Waals surface area contributed by atoms with Crippen molar-refractivity contribution in [3.8, 4) is 0 Å². The van der Waals surface area contributed by atoms with Crippen LogP contribution in [0.1, 0.15) is 45.1 Å². The number of piperazine rings is 1. The summed E-state index contributed by atoms with van der Waals surface area (Å²) in [5.41, 5.74) is -0.815. The highest BCUT2D eigenvalue weighted by molar-refractivity contribution is 5.99. The van der Waals surface area contributed by atoms with Crippen LogP contribution in [0.4, 0.5) is 0 Å². The lowest BCUT2D eigenvalue weighted by Crippen LogP contribution is -2.68. The van der Waals surface area contributed by atoms with Crippen LogP contribution >= 0.6 is 0 Å². The smallest absolute Gasteiger partial charge is 0.249 e. The minimum Gasteiger partial charge on any atom is -0.464 e. The lowest BCUT2D eigenvalue weighted by molar-refractivity contribution is -0.155. The summed E-state index contributed by atoms with van der Waals surface area (Å²) in [6.07, 6.45) is 1.17. The minimum atomic E-state index is -0.815. The van der Waals surface area contributed by atoms with Gasteiger partial charge in [-0.05, 0) is 38.8 Å². The number of hydrogen-bond acceptors (Lipinski definition) is 3. The van der Waals surface area contributed by atoms with Crippen LogP contribution < -0.4 is 5.32 Å². The quantitative estimate of drug-likeness (QED) is 0.916. The third kappa shape index (κ3) is 2.44. The van der Waals surface area contributed by atoms with Gasteiger partial charge in [-0.25, -0.2) is 0 Å². The molecule has 1 aliphatic heterocycles.